The number of pyridine rings is 1. The van der Waals surface area contributed by atoms with Crippen LogP contribution in [0, 0.1) is 0 Å². The van der Waals surface area contributed by atoms with Crippen molar-refractivity contribution in [3.63, 3.8) is 0 Å². The minimum absolute atomic E-state index is 0.168. The van der Waals surface area contributed by atoms with Crippen molar-refractivity contribution in [3.8, 4) is 0 Å². The van der Waals surface area contributed by atoms with Gasteiger partial charge in [0.25, 0.3) is 5.91 Å². The fourth-order valence-corrected chi connectivity index (χ4v) is 3.09. The number of fused-ring (bicyclic) bond motifs is 1. The molecule has 1 aromatic carbocycles. The lowest BCUT2D eigenvalue weighted by atomic mass is 10.2. The molecule has 0 bridgehead atoms. The van der Waals surface area contributed by atoms with Crippen LogP contribution in [0.5, 0.6) is 0 Å². The number of hydrogen-bond acceptors (Lipinski definition) is 5. The quantitative estimate of drug-likeness (QED) is 0.877. The molecule has 28 heavy (non-hydrogen) atoms. The number of ether oxygens (including phenoxy) is 1. The molecule has 1 N–H and O–H groups in total. The molecule has 3 rings (SSSR count). The topological polar surface area (TPSA) is 74.8 Å². The van der Waals surface area contributed by atoms with Crippen LogP contribution in [0.3, 0.4) is 0 Å². The molecule has 0 radical (unpaired) electrons. The molecule has 0 aliphatic carbocycles. The number of nitrogens with zero attached hydrogens (tertiary/aromatic N) is 3. The summed E-state index contributed by atoms with van der Waals surface area (Å²) < 4.78 is 5.41. The van der Waals surface area contributed by atoms with Gasteiger partial charge in [-0.05, 0) is 32.9 Å². The fourth-order valence-electron chi connectivity index (χ4n) is 3.09. The van der Waals surface area contributed by atoms with Gasteiger partial charge in [-0.1, -0.05) is 24.3 Å². The molecule has 0 spiro atoms. The molecule has 2 heterocycles. The smallest absolute Gasteiger partial charge is 0.410 e. The molecule has 150 valence electrons. The summed E-state index contributed by atoms with van der Waals surface area (Å²) >= 11 is 0. The molecule has 0 unspecified atom stereocenters. The van der Waals surface area contributed by atoms with E-state index in [4.69, 9.17) is 4.74 Å². The zero-order chi connectivity index (χ0) is 20.1. The molecule has 7 nitrogen and oxygen atoms in total. The average Bonchev–Trinajstić information content (AvgIpc) is 2.66. The fraction of sp³-hybridized carbons (Fsp3) is 0.476. The van der Waals surface area contributed by atoms with Crippen LogP contribution in [0.4, 0.5) is 4.79 Å². The van der Waals surface area contributed by atoms with Crippen molar-refractivity contribution in [1.29, 1.82) is 0 Å². The van der Waals surface area contributed by atoms with Crippen LogP contribution < -0.4 is 5.32 Å². The zero-order valence-corrected chi connectivity index (χ0v) is 16.8. The molecule has 1 fully saturated rings. The Hall–Kier alpha value is -2.67. The number of nitrogens with one attached hydrogen (secondary N) is 1. The van der Waals surface area contributed by atoms with Gasteiger partial charge in [-0.15, -0.1) is 0 Å². The van der Waals surface area contributed by atoms with E-state index in [1.165, 1.54) is 0 Å². The molecule has 1 saturated heterocycles. The van der Waals surface area contributed by atoms with Gasteiger partial charge in [0, 0.05) is 44.7 Å². The third-order valence-electron chi connectivity index (χ3n) is 4.57. The summed E-state index contributed by atoms with van der Waals surface area (Å²) in [6.07, 6.45) is -0.261. The third-order valence-corrected chi connectivity index (χ3v) is 4.57. The minimum Gasteiger partial charge on any atom is -0.444 e. The second-order valence-corrected chi connectivity index (χ2v) is 7.95. The predicted molar refractivity (Wildman–Crippen MR) is 108 cm³/mol. The van der Waals surface area contributed by atoms with Crippen molar-refractivity contribution in [2.45, 2.75) is 26.4 Å². The Morgan fingerprint density at radius 1 is 1.07 bits per heavy atom. The zero-order valence-electron chi connectivity index (χ0n) is 16.8. The Labute approximate surface area is 165 Å². The Morgan fingerprint density at radius 2 is 1.79 bits per heavy atom. The van der Waals surface area contributed by atoms with Gasteiger partial charge < -0.3 is 15.0 Å². The highest BCUT2D eigenvalue weighted by Crippen LogP contribution is 2.13. The van der Waals surface area contributed by atoms with E-state index >= 15 is 0 Å². The van der Waals surface area contributed by atoms with E-state index in [2.05, 4.69) is 15.2 Å². The monoisotopic (exact) mass is 384 g/mol. The maximum atomic E-state index is 12.3. The summed E-state index contributed by atoms with van der Waals surface area (Å²) in [5.41, 5.74) is 0.761. The normalized spacial score (nSPS) is 15.5. The van der Waals surface area contributed by atoms with Gasteiger partial charge in [0.05, 0.1) is 5.52 Å². The molecular weight excluding hydrogens is 356 g/mol. The number of carbonyl (C=O) groups excluding carboxylic acids is 2. The SMILES string of the molecule is CC(C)(C)OC(=O)N1CCN(CCNC(=O)c2ccc3ccccc3n2)CC1. The highest BCUT2D eigenvalue weighted by Gasteiger charge is 2.25. The molecule has 1 aliphatic rings. The summed E-state index contributed by atoms with van der Waals surface area (Å²) in [6, 6.07) is 11.4. The van der Waals surface area contributed by atoms with Crippen LogP contribution in [-0.4, -0.2) is 71.7 Å². The van der Waals surface area contributed by atoms with Gasteiger partial charge in [-0.25, -0.2) is 9.78 Å². The predicted octanol–water partition coefficient (Wildman–Crippen LogP) is 2.52. The number of amides is 2. The average molecular weight is 384 g/mol. The lowest BCUT2D eigenvalue weighted by molar-refractivity contribution is 0.0147. The second-order valence-electron chi connectivity index (χ2n) is 7.95. The van der Waals surface area contributed by atoms with E-state index < -0.39 is 5.60 Å². The highest BCUT2D eigenvalue weighted by molar-refractivity contribution is 5.94. The van der Waals surface area contributed by atoms with Gasteiger partial charge in [0.1, 0.15) is 11.3 Å². The number of carbonyl (C=O) groups is 2. The van der Waals surface area contributed by atoms with Crippen LogP contribution >= 0.6 is 0 Å². The summed E-state index contributed by atoms with van der Waals surface area (Å²) in [6.45, 7) is 9.69. The van der Waals surface area contributed by atoms with Gasteiger partial charge in [0.2, 0.25) is 0 Å². The first-order chi connectivity index (χ1) is 13.3. The standard InChI is InChI=1S/C21H28N4O3/c1-21(2,3)28-20(27)25-14-12-24(13-15-25)11-10-22-19(26)18-9-8-16-6-4-5-7-17(16)23-18/h4-9H,10-15H2,1-3H3,(H,22,26). The molecular formula is C21H28N4O3. The van der Waals surface area contributed by atoms with E-state index in [1.807, 2.05) is 51.1 Å². The molecule has 0 saturated carbocycles. The van der Waals surface area contributed by atoms with Gasteiger partial charge in [-0.3, -0.25) is 9.69 Å². The summed E-state index contributed by atoms with van der Waals surface area (Å²) in [7, 11) is 0. The number of piperazine rings is 1. The molecule has 7 heteroatoms. The Morgan fingerprint density at radius 3 is 2.50 bits per heavy atom. The van der Waals surface area contributed by atoms with Gasteiger partial charge in [-0.2, -0.15) is 0 Å². The second kappa shape index (κ2) is 8.56. The molecule has 1 aromatic heterocycles. The summed E-state index contributed by atoms with van der Waals surface area (Å²) in [4.78, 5) is 32.8. The molecule has 2 amide bonds. The number of benzene rings is 1. The van der Waals surface area contributed by atoms with E-state index in [0.717, 1.165) is 30.5 Å². The number of rotatable bonds is 4. The molecule has 0 atom stereocenters. The number of para-hydroxylation sites is 1. The van der Waals surface area contributed by atoms with Crippen molar-refractivity contribution in [3.05, 3.63) is 42.1 Å². The molecule has 1 aliphatic heterocycles. The highest BCUT2D eigenvalue weighted by atomic mass is 16.6. The van der Waals surface area contributed by atoms with Crippen molar-refractivity contribution in [1.82, 2.24) is 20.1 Å². The van der Waals surface area contributed by atoms with E-state index in [-0.39, 0.29) is 12.0 Å². The van der Waals surface area contributed by atoms with Gasteiger partial charge >= 0.3 is 6.09 Å². The van der Waals surface area contributed by atoms with Crippen molar-refractivity contribution in [2.75, 3.05) is 39.3 Å². The Kier molecular flexibility index (Phi) is 6.14. The molecule has 2 aromatic rings. The van der Waals surface area contributed by atoms with E-state index in [0.29, 0.717) is 25.3 Å². The summed E-state index contributed by atoms with van der Waals surface area (Å²) in [5, 5.41) is 3.94. The van der Waals surface area contributed by atoms with Crippen LogP contribution in [-0.2, 0) is 4.74 Å². The van der Waals surface area contributed by atoms with Crippen LogP contribution in [0.25, 0.3) is 10.9 Å². The first-order valence-corrected chi connectivity index (χ1v) is 9.66. The van der Waals surface area contributed by atoms with E-state index in [9.17, 15) is 9.59 Å². The van der Waals surface area contributed by atoms with E-state index in [1.54, 1.807) is 11.0 Å². The maximum absolute atomic E-state index is 12.3. The van der Waals surface area contributed by atoms with Gasteiger partial charge in [0.15, 0.2) is 0 Å². The minimum atomic E-state index is -0.477. The third kappa shape index (κ3) is 5.42. The number of hydrogen-bond donors (Lipinski definition) is 1. The lowest BCUT2D eigenvalue weighted by Gasteiger charge is -2.35. The first kappa shape index (κ1) is 20.1. The van der Waals surface area contributed by atoms with Crippen LogP contribution in [0.15, 0.2) is 36.4 Å². The van der Waals surface area contributed by atoms with Crippen molar-refractivity contribution >= 4 is 22.9 Å². The first-order valence-electron chi connectivity index (χ1n) is 9.66. The lowest BCUT2D eigenvalue weighted by Crippen LogP contribution is -2.51. The Bertz CT molecular complexity index is 839. The van der Waals surface area contributed by atoms with Crippen molar-refractivity contribution < 1.29 is 14.3 Å². The van der Waals surface area contributed by atoms with Crippen LogP contribution in [0.2, 0.25) is 0 Å². The van der Waals surface area contributed by atoms with Crippen LogP contribution in [0.1, 0.15) is 31.3 Å². The summed E-state index contributed by atoms with van der Waals surface area (Å²) in [5.74, 6) is -0.168. The Balaban J connectivity index is 1.42. The number of aromatic nitrogens is 1. The largest absolute Gasteiger partial charge is 0.444 e. The maximum Gasteiger partial charge on any atom is 0.410 e. The van der Waals surface area contributed by atoms with Crippen molar-refractivity contribution in [2.24, 2.45) is 0 Å².